The number of halogens is 1. The summed E-state index contributed by atoms with van der Waals surface area (Å²) in [6.45, 7) is 1.75. The van der Waals surface area contributed by atoms with E-state index in [-0.39, 0.29) is 24.1 Å². The number of methoxy groups -OCH3 is 1. The Labute approximate surface area is 102 Å². The first-order valence-corrected chi connectivity index (χ1v) is 5.20. The molecule has 1 aliphatic rings. The van der Waals surface area contributed by atoms with Crippen LogP contribution < -0.4 is 10.1 Å². The highest BCUT2D eigenvalue weighted by atomic mass is 35.5. The average Bonchev–Trinajstić information content (AvgIpc) is 2.81. The summed E-state index contributed by atoms with van der Waals surface area (Å²) in [5, 5.41) is 3.20. The molecule has 16 heavy (non-hydrogen) atoms. The van der Waals surface area contributed by atoms with Gasteiger partial charge in [0.05, 0.1) is 7.11 Å². The molecule has 1 unspecified atom stereocenters. The first-order valence-electron chi connectivity index (χ1n) is 5.20. The fourth-order valence-corrected chi connectivity index (χ4v) is 1.89. The molecule has 1 aromatic carbocycles. The fourth-order valence-electron chi connectivity index (χ4n) is 1.89. The van der Waals surface area contributed by atoms with Gasteiger partial charge in [0.2, 0.25) is 0 Å². The standard InChI is InChI=1S/C12H15NO2.ClH/c1-15-11-4-2-3-9(7-11)12(14)10-5-6-13-8-10;/h2-4,7,10,13H,5-6,8H2,1H3;1H. The number of rotatable bonds is 3. The number of nitrogens with one attached hydrogen (secondary N) is 1. The SMILES string of the molecule is COc1cccc(C(=O)C2CCNC2)c1.Cl. The first-order chi connectivity index (χ1) is 7.31. The molecule has 1 saturated heterocycles. The van der Waals surface area contributed by atoms with E-state index in [0.29, 0.717) is 0 Å². The summed E-state index contributed by atoms with van der Waals surface area (Å²) in [5.74, 6) is 1.10. The van der Waals surface area contributed by atoms with Crippen LogP contribution in [0.2, 0.25) is 0 Å². The second-order valence-electron chi connectivity index (χ2n) is 3.79. The van der Waals surface area contributed by atoms with Gasteiger partial charge in [0.25, 0.3) is 0 Å². The number of ketones is 1. The molecule has 0 saturated carbocycles. The summed E-state index contributed by atoms with van der Waals surface area (Å²) in [6.07, 6.45) is 0.941. The molecule has 0 aliphatic carbocycles. The number of hydrogen-bond donors (Lipinski definition) is 1. The minimum Gasteiger partial charge on any atom is -0.497 e. The summed E-state index contributed by atoms with van der Waals surface area (Å²) in [6, 6.07) is 7.36. The molecule has 1 atom stereocenters. The van der Waals surface area contributed by atoms with Crippen LogP contribution in [0, 0.1) is 5.92 Å². The molecule has 1 aliphatic heterocycles. The largest absolute Gasteiger partial charge is 0.497 e. The molecule has 1 N–H and O–H groups in total. The Hall–Kier alpha value is -1.06. The fraction of sp³-hybridized carbons (Fsp3) is 0.417. The highest BCUT2D eigenvalue weighted by molar-refractivity contribution is 5.98. The van der Waals surface area contributed by atoms with Crippen LogP contribution in [0.1, 0.15) is 16.8 Å². The van der Waals surface area contributed by atoms with Crippen molar-refractivity contribution < 1.29 is 9.53 Å². The van der Waals surface area contributed by atoms with Crippen LogP contribution in [0.4, 0.5) is 0 Å². The number of carbonyl (C=O) groups is 1. The van der Waals surface area contributed by atoms with Gasteiger partial charge in [0.1, 0.15) is 5.75 Å². The minimum absolute atomic E-state index is 0. The summed E-state index contributed by atoms with van der Waals surface area (Å²) >= 11 is 0. The van der Waals surface area contributed by atoms with Crippen molar-refractivity contribution in [1.82, 2.24) is 5.32 Å². The topological polar surface area (TPSA) is 38.3 Å². The van der Waals surface area contributed by atoms with Crippen molar-refractivity contribution in [2.75, 3.05) is 20.2 Å². The maximum absolute atomic E-state index is 12.0. The van der Waals surface area contributed by atoms with Gasteiger partial charge in [-0.3, -0.25) is 4.79 Å². The van der Waals surface area contributed by atoms with E-state index in [2.05, 4.69) is 5.32 Å². The Kier molecular flexibility index (Phi) is 4.77. The van der Waals surface area contributed by atoms with Gasteiger partial charge in [0.15, 0.2) is 5.78 Å². The molecule has 88 valence electrons. The van der Waals surface area contributed by atoms with E-state index < -0.39 is 0 Å². The molecule has 1 aromatic rings. The zero-order valence-corrected chi connectivity index (χ0v) is 10.0. The molecule has 1 fully saturated rings. The van der Waals surface area contributed by atoms with Crippen molar-refractivity contribution in [2.45, 2.75) is 6.42 Å². The van der Waals surface area contributed by atoms with Crippen molar-refractivity contribution in [1.29, 1.82) is 0 Å². The number of benzene rings is 1. The van der Waals surface area contributed by atoms with Gasteiger partial charge in [0, 0.05) is 18.0 Å². The Morgan fingerprint density at radius 2 is 2.31 bits per heavy atom. The highest BCUT2D eigenvalue weighted by Gasteiger charge is 2.23. The zero-order chi connectivity index (χ0) is 10.7. The molecule has 0 spiro atoms. The molecule has 0 bridgehead atoms. The second kappa shape index (κ2) is 5.87. The number of ether oxygens (including phenoxy) is 1. The zero-order valence-electron chi connectivity index (χ0n) is 9.23. The van der Waals surface area contributed by atoms with E-state index >= 15 is 0 Å². The van der Waals surface area contributed by atoms with Gasteiger partial charge in [-0.25, -0.2) is 0 Å². The molecule has 0 amide bonds. The van der Waals surface area contributed by atoms with Crippen molar-refractivity contribution >= 4 is 18.2 Å². The molecule has 0 radical (unpaired) electrons. The summed E-state index contributed by atoms with van der Waals surface area (Å²) in [4.78, 5) is 12.0. The molecule has 0 aromatic heterocycles. The third-order valence-corrected chi connectivity index (χ3v) is 2.79. The van der Waals surface area contributed by atoms with Crippen LogP contribution in [0.3, 0.4) is 0 Å². The lowest BCUT2D eigenvalue weighted by Crippen LogP contribution is -2.17. The van der Waals surface area contributed by atoms with E-state index in [1.165, 1.54) is 0 Å². The molecule has 1 heterocycles. The van der Waals surface area contributed by atoms with E-state index in [4.69, 9.17) is 4.74 Å². The van der Waals surface area contributed by atoms with Crippen molar-refractivity contribution in [3.8, 4) is 5.75 Å². The van der Waals surface area contributed by atoms with Crippen LogP contribution in [0.5, 0.6) is 5.75 Å². The quantitative estimate of drug-likeness (QED) is 0.822. The van der Waals surface area contributed by atoms with Crippen LogP contribution in [0.25, 0.3) is 0 Å². The van der Waals surface area contributed by atoms with Crippen LogP contribution in [-0.4, -0.2) is 26.0 Å². The van der Waals surface area contributed by atoms with Gasteiger partial charge in [-0.2, -0.15) is 0 Å². The van der Waals surface area contributed by atoms with Gasteiger partial charge < -0.3 is 10.1 Å². The van der Waals surface area contributed by atoms with Crippen LogP contribution in [-0.2, 0) is 0 Å². The summed E-state index contributed by atoms with van der Waals surface area (Å²) in [5.41, 5.74) is 0.753. The summed E-state index contributed by atoms with van der Waals surface area (Å²) in [7, 11) is 1.61. The van der Waals surface area contributed by atoms with E-state index in [9.17, 15) is 4.79 Å². The summed E-state index contributed by atoms with van der Waals surface area (Å²) < 4.78 is 5.10. The third kappa shape index (κ3) is 2.74. The van der Waals surface area contributed by atoms with Crippen molar-refractivity contribution in [3.63, 3.8) is 0 Å². The normalized spacial score (nSPS) is 18.9. The van der Waals surface area contributed by atoms with Crippen molar-refractivity contribution in [3.05, 3.63) is 29.8 Å². The molecular weight excluding hydrogens is 226 g/mol. The van der Waals surface area contributed by atoms with Gasteiger partial charge in [-0.05, 0) is 25.1 Å². The van der Waals surface area contributed by atoms with E-state index in [1.54, 1.807) is 13.2 Å². The highest BCUT2D eigenvalue weighted by Crippen LogP contribution is 2.19. The molecule has 2 rings (SSSR count). The first kappa shape index (κ1) is 13.0. The molecule has 4 heteroatoms. The number of Topliss-reactive ketones (excluding diaryl/α,β-unsaturated/α-hetero) is 1. The number of hydrogen-bond acceptors (Lipinski definition) is 3. The van der Waals surface area contributed by atoms with Crippen molar-refractivity contribution in [2.24, 2.45) is 5.92 Å². The lowest BCUT2D eigenvalue weighted by Gasteiger charge is -2.08. The second-order valence-corrected chi connectivity index (χ2v) is 3.79. The van der Waals surface area contributed by atoms with Gasteiger partial charge in [-0.15, -0.1) is 12.4 Å². The molecule has 3 nitrogen and oxygen atoms in total. The predicted molar refractivity (Wildman–Crippen MR) is 65.5 cm³/mol. The Balaban J connectivity index is 0.00000128. The maximum atomic E-state index is 12.0. The third-order valence-electron chi connectivity index (χ3n) is 2.79. The molecular formula is C12H16ClNO2. The Bertz CT molecular complexity index is 362. The lowest BCUT2D eigenvalue weighted by molar-refractivity contribution is 0.0930. The average molecular weight is 242 g/mol. The maximum Gasteiger partial charge on any atom is 0.167 e. The monoisotopic (exact) mass is 241 g/mol. The van der Waals surface area contributed by atoms with E-state index in [1.807, 2.05) is 18.2 Å². The lowest BCUT2D eigenvalue weighted by atomic mass is 9.97. The van der Waals surface area contributed by atoms with E-state index in [0.717, 1.165) is 30.8 Å². The van der Waals surface area contributed by atoms with Gasteiger partial charge >= 0.3 is 0 Å². The Morgan fingerprint density at radius 1 is 1.50 bits per heavy atom. The van der Waals surface area contributed by atoms with Crippen LogP contribution >= 0.6 is 12.4 Å². The predicted octanol–water partition coefficient (Wildman–Crippen LogP) is 1.91. The van der Waals surface area contributed by atoms with Gasteiger partial charge in [-0.1, -0.05) is 12.1 Å². The Morgan fingerprint density at radius 3 is 2.94 bits per heavy atom. The smallest absolute Gasteiger partial charge is 0.167 e. The minimum atomic E-state index is 0. The number of carbonyl (C=O) groups excluding carboxylic acids is 1. The van der Waals surface area contributed by atoms with Crippen LogP contribution in [0.15, 0.2) is 24.3 Å².